The monoisotopic (exact) mass is 831 g/mol. The van der Waals surface area contributed by atoms with E-state index in [0.717, 1.165) is 44.4 Å². The van der Waals surface area contributed by atoms with Gasteiger partial charge in [0.1, 0.15) is 0 Å². The van der Waals surface area contributed by atoms with Crippen molar-refractivity contribution in [1.82, 2.24) is 0 Å². The van der Waals surface area contributed by atoms with Gasteiger partial charge in [0.2, 0.25) is 0 Å². The number of carboxylic acids is 3. The molecule has 6 nitrogen and oxygen atoms in total. The van der Waals surface area contributed by atoms with Crippen LogP contribution in [0.1, 0.15) is 253 Å². The van der Waals surface area contributed by atoms with E-state index in [4.69, 9.17) is 0 Å². The van der Waals surface area contributed by atoms with Crippen LogP contribution in [0.4, 0.5) is 0 Å². The summed E-state index contributed by atoms with van der Waals surface area (Å²) in [6, 6.07) is 0. The van der Waals surface area contributed by atoms with Crippen LogP contribution in [-0.4, -0.2) is 40.4 Å². The van der Waals surface area contributed by atoms with Gasteiger partial charge >= 0.3 is 72.4 Å². The van der Waals surface area contributed by atoms with Gasteiger partial charge < -0.3 is 29.7 Å². The standard InChI is InChI=1S/3C12H24O2.C8H17.Sn/c3*1-2-3-4-5-6-7-8-9-10-11-12(13)14;1-4-6-7-8(3)5-2;/h3*2-11H2,1H3,(H,13,14);8H,3-7H2,1-2H3;/q;;;;+3/p-3. The van der Waals surface area contributed by atoms with E-state index in [9.17, 15) is 29.7 Å². The topological polar surface area (TPSA) is 120 Å². The van der Waals surface area contributed by atoms with E-state index in [-0.39, 0.29) is 19.3 Å². The van der Waals surface area contributed by atoms with E-state index < -0.39 is 17.9 Å². The normalized spacial score (nSPS) is 11.0. The Balaban J connectivity index is -0.000000292. The van der Waals surface area contributed by atoms with E-state index in [0.29, 0.717) is 0 Å². The Labute approximate surface area is 332 Å². The quantitative estimate of drug-likeness (QED) is 0.0463. The first-order chi connectivity index (χ1) is 24.7. The van der Waals surface area contributed by atoms with E-state index in [1.807, 2.05) is 0 Å². The Kier molecular flexibility index (Phi) is 59.8. The van der Waals surface area contributed by atoms with Crippen molar-refractivity contribution < 1.29 is 29.7 Å². The fourth-order valence-electron chi connectivity index (χ4n) is 5.68. The summed E-state index contributed by atoms with van der Waals surface area (Å²) in [6.45, 7) is 11.2. The minimum atomic E-state index is -0.909. The summed E-state index contributed by atoms with van der Waals surface area (Å²) in [6.07, 6.45) is 39.2. The number of hydrogen-bond acceptors (Lipinski definition) is 6. The number of hydrogen-bond donors (Lipinski definition) is 0. The Morgan fingerprint density at radius 1 is 0.373 bits per heavy atom. The molecule has 0 saturated carbocycles. The number of carbonyl (C=O) groups excluding carboxylic acids is 3. The maximum Gasteiger partial charge on any atom is 0.0414 e. The number of aliphatic carboxylic acids is 3. The van der Waals surface area contributed by atoms with Gasteiger partial charge in [0.05, 0.1) is 0 Å². The molecule has 1 atom stereocenters. The van der Waals surface area contributed by atoms with Crippen molar-refractivity contribution >= 4 is 40.4 Å². The molecule has 0 aromatic rings. The van der Waals surface area contributed by atoms with Crippen LogP contribution in [0.15, 0.2) is 0 Å². The first-order valence-corrected chi connectivity index (χ1v) is 23.9. The van der Waals surface area contributed by atoms with Crippen LogP contribution in [0.25, 0.3) is 0 Å². The number of carbonyl (C=O) groups is 3. The second kappa shape index (κ2) is 53.6. The molecule has 0 saturated heterocycles. The zero-order chi connectivity index (χ0) is 39.1. The minimum absolute atomic E-state index is 0.232. The fourth-order valence-corrected chi connectivity index (χ4v) is 7.09. The zero-order valence-electron chi connectivity index (χ0n) is 34.8. The third-order valence-corrected chi connectivity index (χ3v) is 10.9. The number of unbranched alkanes of at least 4 members (excludes halogenated alkanes) is 25. The van der Waals surface area contributed by atoms with Crippen molar-refractivity contribution in [2.75, 3.05) is 0 Å². The molecular formula is C44H86O6Sn. The maximum absolute atomic E-state index is 10.1. The molecule has 0 N–H and O–H groups in total. The molecule has 0 aromatic heterocycles. The molecule has 1 unspecified atom stereocenters. The Morgan fingerprint density at radius 3 is 0.765 bits per heavy atom. The van der Waals surface area contributed by atoms with Gasteiger partial charge in [-0.15, -0.1) is 0 Å². The van der Waals surface area contributed by atoms with Crippen LogP contribution >= 0.6 is 0 Å². The first kappa shape index (κ1) is 56.9. The van der Waals surface area contributed by atoms with E-state index in [1.54, 1.807) is 22.5 Å². The predicted octanol–water partition coefficient (Wildman–Crippen LogP) is 10.8. The van der Waals surface area contributed by atoms with Gasteiger partial charge in [-0.1, -0.05) is 175 Å². The number of rotatable bonds is 35. The molecular weight excluding hydrogens is 743 g/mol. The molecule has 0 aliphatic rings. The van der Waals surface area contributed by atoms with Crippen LogP contribution < -0.4 is 15.3 Å². The molecule has 0 rings (SSSR count). The van der Waals surface area contributed by atoms with E-state index in [1.165, 1.54) is 165 Å². The second-order valence-corrected chi connectivity index (χ2v) is 15.6. The van der Waals surface area contributed by atoms with Gasteiger partial charge in [-0.05, 0) is 38.5 Å². The Morgan fingerprint density at radius 2 is 0.588 bits per heavy atom. The zero-order valence-corrected chi connectivity index (χ0v) is 37.6. The molecule has 0 radical (unpaired) electrons. The van der Waals surface area contributed by atoms with E-state index >= 15 is 0 Å². The summed E-state index contributed by atoms with van der Waals surface area (Å²) in [7, 11) is 0. The summed E-state index contributed by atoms with van der Waals surface area (Å²) in [5, 5.41) is 30.3. The van der Waals surface area contributed by atoms with Crippen LogP contribution in [0.5, 0.6) is 0 Å². The van der Waals surface area contributed by atoms with Crippen LogP contribution in [-0.2, 0) is 14.4 Å². The average Bonchev–Trinajstić information content (AvgIpc) is 3.10. The first-order valence-electron chi connectivity index (χ1n) is 21.9. The Hall–Kier alpha value is -0.791. The predicted molar refractivity (Wildman–Crippen MR) is 214 cm³/mol. The number of carboxylic acid groups (broad SMARTS) is 3. The van der Waals surface area contributed by atoms with Gasteiger partial charge in [0.15, 0.2) is 0 Å². The summed E-state index contributed by atoms with van der Waals surface area (Å²) < 4.78 is 1.46. The molecule has 0 aliphatic heterocycles. The van der Waals surface area contributed by atoms with Gasteiger partial charge in [0.25, 0.3) is 0 Å². The van der Waals surface area contributed by atoms with Crippen molar-refractivity contribution in [1.29, 1.82) is 0 Å². The molecule has 0 heterocycles. The fraction of sp³-hybridized carbons (Fsp3) is 0.932. The SMILES string of the molecule is CCCCC(CC)[CH2][Sn+3].CCCCCCCCCCCC(=O)[O-].CCCCCCCCCCCC(=O)[O-].CCCCCCCCCCCC(=O)[O-]. The smallest absolute Gasteiger partial charge is 0.0414 e. The van der Waals surface area contributed by atoms with Crippen molar-refractivity contribution in [2.24, 2.45) is 5.92 Å². The molecule has 51 heavy (non-hydrogen) atoms. The summed E-state index contributed by atoms with van der Waals surface area (Å²) in [4.78, 5) is 30.3. The van der Waals surface area contributed by atoms with Crippen molar-refractivity contribution in [2.45, 2.75) is 257 Å². The van der Waals surface area contributed by atoms with Crippen LogP contribution in [0.2, 0.25) is 4.44 Å². The van der Waals surface area contributed by atoms with Gasteiger partial charge in [-0.25, -0.2) is 0 Å². The largest absolute Gasteiger partial charge is 0.550 e. The summed E-state index contributed by atoms with van der Waals surface area (Å²) >= 11 is 1.71. The molecule has 0 aliphatic carbocycles. The van der Waals surface area contributed by atoms with Crippen molar-refractivity contribution in [3.63, 3.8) is 0 Å². The molecule has 0 aromatic carbocycles. The second-order valence-electron chi connectivity index (χ2n) is 14.5. The maximum atomic E-state index is 10.1. The molecule has 7 heteroatoms. The van der Waals surface area contributed by atoms with Crippen LogP contribution in [0, 0.1) is 5.92 Å². The molecule has 0 fully saturated rings. The van der Waals surface area contributed by atoms with Crippen LogP contribution in [0.3, 0.4) is 0 Å². The molecule has 0 amide bonds. The van der Waals surface area contributed by atoms with Crippen molar-refractivity contribution in [3.05, 3.63) is 0 Å². The van der Waals surface area contributed by atoms with Gasteiger partial charge in [-0.2, -0.15) is 0 Å². The minimum Gasteiger partial charge on any atom is -0.550 e. The summed E-state index contributed by atoms with van der Waals surface area (Å²) in [5.74, 6) is -1.68. The Bertz CT molecular complexity index is 592. The van der Waals surface area contributed by atoms with Crippen molar-refractivity contribution in [3.8, 4) is 0 Å². The average molecular weight is 830 g/mol. The molecule has 0 spiro atoms. The molecule has 302 valence electrons. The van der Waals surface area contributed by atoms with E-state index in [2.05, 4.69) is 34.6 Å². The molecule has 0 bridgehead atoms. The van der Waals surface area contributed by atoms with Gasteiger partial charge in [0, 0.05) is 17.9 Å². The summed E-state index contributed by atoms with van der Waals surface area (Å²) in [5.41, 5.74) is 0. The van der Waals surface area contributed by atoms with Gasteiger partial charge in [-0.3, -0.25) is 0 Å². The third kappa shape index (κ3) is 67.8. The third-order valence-electron chi connectivity index (χ3n) is 9.29.